The lowest BCUT2D eigenvalue weighted by molar-refractivity contribution is 0.0556. The molecule has 2 rings (SSSR count). The number of aliphatic hydroxyl groups is 1. The number of rotatable bonds is 4. The number of methoxy groups -OCH3 is 1. The first-order valence-electron chi connectivity index (χ1n) is 5.62. The van der Waals surface area contributed by atoms with Crippen molar-refractivity contribution in [1.29, 1.82) is 0 Å². The summed E-state index contributed by atoms with van der Waals surface area (Å²) in [7, 11) is 1.62. The number of para-hydroxylation sites is 1. The summed E-state index contributed by atoms with van der Waals surface area (Å²) in [6.07, 6.45) is 0.561. The van der Waals surface area contributed by atoms with Gasteiger partial charge < -0.3 is 9.84 Å². The Bertz CT molecular complexity index is 534. The summed E-state index contributed by atoms with van der Waals surface area (Å²) in [6.45, 7) is 1.82. The van der Waals surface area contributed by atoms with Crippen molar-refractivity contribution in [3.05, 3.63) is 50.6 Å². The van der Waals surface area contributed by atoms with Gasteiger partial charge in [0.05, 0.1) is 12.7 Å². The highest BCUT2D eigenvalue weighted by atomic mass is 79.9. The summed E-state index contributed by atoms with van der Waals surface area (Å²) in [5.74, 6) is 0.718. The molecule has 1 heterocycles. The summed E-state index contributed by atoms with van der Waals surface area (Å²) in [4.78, 5) is 1.13. The van der Waals surface area contributed by atoms with Crippen molar-refractivity contribution in [3.63, 3.8) is 0 Å². The van der Waals surface area contributed by atoms with Gasteiger partial charge in [-0.3, -0.25) is 0 Å². The standard InChI is InChI=1S/C14H15BrO2S/c1-14(16,9-13-11(15)7-8-18-13)10-5-3-4-6-12(10)17-2/h3-8,16H,9H2,1-2H3. The van der Waals surface area contributed by atoms with Gasteiger partial charge in [0, 0.05) is 21.3 Å². The highest BCUT2D eigenvalue weighted by molar-refractivity contribution is 9.10. The zero-order valence-electron chi connectivity index (χ0n) is 10.3. The molecule has 1 aromatic carbocycles. The molecule has 0 amide bonds. The van der Waals surface area contributed by atoms with Crippen LogP contribution in [-0.4, -0.2) is 12.2 Å². The van der Waals surface area contributed by atoms with Crippen LogP contribution in [0.3, 0.4) is 0 Å². The van der Waals surface area contributed by atoms with Crippen LogP contribution in [0.2, 0.25) is 0 Å². The van der Waals surface area contributed by atoms with Crippen LogP contribution in [0.25, 0.3) is 0 Å². The van der Waals surface area contributed by atoms with E-state index in [1.807, 2.05) is 42.6 Å². The Hall–Kier alpha value is -0.840. The zero-order chi connectivity index (χ0) is 13.2. The fourth-order valence-electron chi connectivity index (χ4n) is 1.95. The van der Waals surface area contributed by atoms with E-state index in [0.29, 0.717) is 6.42 Å². The van der Waals surface area contributed by atoms with Gasteiger partial charge in [-0.2, -0.15) is 0 Å². The molecule has 0 aliphatic rings. The van der Waals surface area contributed by atoms with Gasteiger partial charge in [0.25, 0.3) is 0 Å². The van der Waals surface area contributed by atoms with Crippen LogP contribution in [0.5, 0.6) is 5.75 Å². The summed E-state index contributed by atoms with van der Waals surface area (Å²) < 4.78 is 6.36. The lowest BCUT2D eigenvalue weighted by Gasteiger charge is -2.25. The predicted molar refractivity (Wildman–Crippen MR) is 78.3 cm³/mol. The first-order chi connectivity index (χ1) is 8.54. The molecule has 0 fully saturated rings. The molecule has 1 aromatic heterocycles. The second-order valence-electron chi connectivity index (χ2n) is 4.34. The molecule has 18 heavy (non-hydrogen) atoms. The Balaban J connectivity index is 2.33. The molecule has 1 N–H and O–H groups in total. The molecule has 2 aromatic rings. The molecule has 0 aliphatic heterocycles. The van der Waals surface area contributed by atoms with Crippen LogP contribution in [0.1, 0.15) is 17.4 Å². The molecule has 0 bridgehead atoms. The van der Waals surface area contributed by atoms with Crippen molar-refractivity contribution in [2.24, 2.45) is 0 Å². The Kier molecular flexibility index (Phi) is 4.10. The molecule has 1 atom stereocenters. The van der Waals surface area contributed by atoms with E-state index in [4.69, 9.17) is 4.74 Å². The minimum absolute atomic E-state index is 0.561. The molecule has 0 aliphatic carbocycles. The molecule has 0 radical (unpaired) electrons. The number of hydrogen-bond acceptors (Lipinski definition) is 3. The Labute approximate surface area is 119 Å². The summed E-state index contributed by atoms with van der Waals surface area (Å²) in [5, 5.41) is 12.7. The maximum atomic E-state index is 10.7. The number of hydrogen-bond donors (Lipinski definition) is 1. The third kappa shape index (κ3) is 2.76. The Morgan fingerprint density at radius 2 is 2.06 bits per heavy atom. The monoisotopic (exact) mass is 326 g/mol. The number of ether oxygens (including phenoxy) is 1. The van der Waals surface area contributed by atoms with Crippen LogP contribution in [0.4, 0.5) is 0 Å². The van der Waals surface area contributed by atoms with Crippen LogP contribution < -0.4 is 4.74 Å². The van der Waals surface area contributed by atoms with Crippen molar-refractivity contribution in [2.75, 3.05) is 7.11 Å². The molecular weight excluding hydrogens is 312 g/mol. The van der Waals surface area contributed by atoms with Crippen molar-refractivity contribution in [2.45, 2.75) is 18.9 Å². The minimum atomic E-state index is -0.944. The highest BCUT2D eigenvalue weighted by Crippen LogP contribution is 2.35. The molecule has 0 saturated heterocycles. The largest absolute Gasteiger partial charge is 0.496 e. The number of halogens is 1. The Morgan fingerprint density at radius 1 is 1.33 bits per heavy atom. The van der Waals surface area contributed by atoms with E-state index in [-0.39, 0.29) is 0 Å². The molecular formula is C14H15BrO2S. The third-order valence-electron chi connectivity index (χ3n) is 2.88. The second kappa shape index (κ2) is 5.43. The average Bonchev–Trinajstić information content (AvgIpc) is 2.74. The maximum absolute atomic E-state index is 10.7. The van der Waals surface area contributed by atoms with Gasteiger partial charge in [-0.05, 0) is 40.4 Å². The smallest absolute Gasteiger partial charge is 0.124 e. The summed E-state index contributed by atoms with van der Waals surface area (Å²) in [5.41, 5.74) is -0.132. The van der Waals surface area contributed by atoms with E-state index >= 15 is 0 Å². The lowest BCUT2D eigenvalue weighted by atomic mass is 9.91. The SMILES string of the molecule is COc1ccccc1C(C)(O)Cc1sccc1Br. The fourth-order valence-corrected chi connectivity index (χ4v) is 3.59. The van der Waals surface area contributed by atoms with Crippen LogP contribution >= 0.6 is 27.3 Å². The molecule has 96 valence electrons. The summed E-state index contributed by atoms with van der Waals surface area (Å²) in [6, 6.07) is 9.58. The lowest BCUT2D eigenvalue weighted by Crippen LogP contribution is -2.24. The first-order valence-corrected chi connectivity index (χ1v) is 7.29. The fraction of sp³-hybridized carbons (Fsp3) is 0.286. The van der Waals surface area contributed by atoms with Gasteiger partial charge in [-0.15, -0.1) is 11.3 Å². The van der Waals surface area contributed by atoms with Crippen molar-refractivity contribution in [1.82, 2.24) is 0 Å². The molecule has 0 spiro atoms. The quantitative estimate of drug-likeness (QED) is 0.921. The van der Waals surface area contributed by atoms with E-state index in [9.17, 15) is 5.11 Å². The van der Waals surface area contributed by atoms with Gasteiger partial charge in [0.1, 0.15) is 5.75 Å². The normalized spacial score (nSPS) is 14.2. The van der Waals surface area contributed by atoms with Crippen LogP contribution in [0, 0.1) is 0 Å². The van der Waals surface area contributed by atoms with Crippen LogP contribution in [0.15, 0.2) is 40.2 Å². The van der Waals surface area contributed by atoms with Gasteiger partial charge in [-0.1, -0.05) is 18.2 Å². The van der Waals surface area contributed by atoms with Gasteiger partial charge in [0.2, 0.25) is 0 Å². The van der Waals surface area contributed by atoms with Crippen molar-refractivity contribution in [3.8, 4) is 5.75 Å². The van der Waals surface area contributed by atoms with Gasteiger partial charge in [0.15, 0.2) is 0 Å². The molecule has 4 heteroatoms. The average molecular weight is 327 g/mol. The van der Waals surface area contributed by atoms with Crippen molar-refractivity contribution < 1.29 is 9.84 Å². The molecule has 1 unspecified atom stereocenters. The van der Waals surface area contributed by atoms with E-state index in [1.54, 1.807) is 18.4 Å². The highest BCUT2D eigenvalue weighted by Gasteiger charge is 2.28. The van der Waals surface area contributed by atoms with Gasteiger partial charge in [-0.25, -0.2) is 0 Å². The summed E-state index contributed by atoms with van der Waals surface area (Å²) >= 11 is 5.13. The van der Waals surface area contributed by atoms with Crippen molar-refractivity contribution >= 4 is 27.3 Å². The van der Waals surface area contributed by atoms with E-state index < -0.39 is 5.60 Å². The minimum Gasteiger partial charge on any atom is -0.496 e. The maximum Gasteiger partial charge on any atom is 0.124 e. The Morgan fingerprint density at radius 3 is 2.67 bits per heavy atom. The van der Waals surface area contributed by atoms with Crippen LogP contribution in [-0.2, 0) is 12.0 Å². The van der Waals surface area contributed by atoms with E-state index in [0.717, 1.165) is 20.7 Å². The molecule has 0 saturated carbocycles. The van der Waals surface area contributed by atoms with Gasteiger partial charge >= 0.3 is 0 Å². The zero-order valence-corrected chi connectivity index (χ0v) is 12.7. The number of benzene rings is 1. The third-order valence-corrected chi connectivity index (χ3v) is 4.81. The van der Waals surface area contributed by atoms with E-state index in [2.05, 4.69) is 15.9 Å². The van der Waals surface area contributed by atoms with E-state index in [1.165, 1.54) is 0 Å². The number of thiophene rings is 1. The molecule has 2 nitrogen and oxygen atoms in total. The second-order valence-corrected chi connectivity index (χ2v) is 6.20. The first kappa shape index (κ1) is 13.6. The predicted octanol–water partition coefficient (Wildman–Crippen LogP) is 3.97. The topological polar surface area (TPSA) is 29.5 Å².